The minimum absolute atomic E-state index is 0.0337. The average Bonchev–Trinajstić information content (AvgIpc) is 3.69. The zero-order valence-electron chi connectivity index (χ0n) is 60.5. The highest BCUT2D eigenvalue weighted by Crippen LogP contribution is 2.43. The van der Waals surface area contributed by atoms with Gasteiger partial charge in [-0.05, 0) is 122 Å². The Kier molecular flexibility index (Phi) is 67.0. The lowest BCUT2D eigenvalue weighted by Crippen LogP contribution is -2.47. The Morgan fingerprint density at radius 1 is 0.391 bits per heavy atom. The fraction of sp³-hybridized carbons (Fsp3) is 0.707. The second-order valence-corrected chi connectivity index (χ2v) is 27.9. The third kappa shape index (κ3) is 70.5. The van der Waals surface area contributed by atoms with Gasteiger partial charge in [0.05, 0.1) is 33.8 Å². The maximum atomic E-state index is 13.7. The number of phosphoric ester groups is 1. The summed E-state index contributed by atoms with van der Waals surface area (Å²) in [6, 6.07) is -0.861. The van der Waals surface area contributed by atoms with E-state index in [2.05, 4.69) is 148 Å². The average molecular weight is 1300 g/mol. The van der Waals surface area contributed by atoms with E-state index in [0.717, 1.165) is 135 Å². The molecule has 0 aromatic rings. The van der Waals surface area contributed by atoms with E-state index in [-0.39, 0.29) is 31.5 Å². The summed E-state index contributed by atoms with van der Waals surface area (Å²) >= 11 is 0. The molecule has 0 bridgehead atoms. The summed E-state index contributed by atoms with van der Waals surface area (Å²) in [5, 5.41) is 3.07. The smallest absolute Gasteiger partial charge is 0.456 e. The summed E-state index contributed by atoms with van der Waals surface area (Å²) in [5.41, 5.74) is 0. The fourth-order valence-electron chi connectivity index (χ4n) is 10.6. The number of esters is 1. The van der Waals surface area contributed by atoms with Crippen LogP contribution >= 0.6 is 7.82 Å². The quantitative estimate of drug-likeness (QED) is 0.0205. The molecule has 2 N–H and O–H groups in total. The number of ether oxygens (including phenoxy) is 1. The molecule has 10 heteroatoms. The zero-order valence-corrected chi connectivity index (χ0v) is 61.4. The molecule has 0 rings (SSSR count). The number of carbonyl (C=O) groups is 2. The van der Waals surface area contributed by atoms with Gasteiger partial charge in [0.15, 0.2) is 0 Å². The summed E-state index contributed by atoms with van der Waals surface area (Å²) in [5.74, 6) is -0.511. The highest BCUT2D eigenvalue weighted by molar-refractivity contribution is 7.47. The molecule has 0 spiro atoms. The van der Waals surface area contributed by atoms with E-state index in [1.54, 1.807) is 0 Å². The highest BCUT2D eigenvalue weighted by atomic mass is 31.2. The van der Waals surface area contributed by atoms with E-state index >= 15 is 0 Å². The Morgan fingerprint density at radius 2 is 0.696 bits per heavy atom. The standard InChI is InChI=1S/C82H143N2O7P/c1-7-10-13-16-19-22-25-28-30-32-34-36-38-40-42-44-46-48-50-52-54-56-59-62-65-68-71-74-81(85)83-79(78-90-92(87,88)89-77-76-84(4,5)6)80(73-70-67-64-61-58-27-24-21-18-15-12-9-3)91-82(86)75-72-69-66-63-60-57-55-53-51-49-47-45-43-41-39-37-35-33-31-29-26-23-20-17-14-11-8-2/h10-11,13-14,19-20,22-23,28-31,34-37,40-43,70,73,79-80H,7-9,12,15-18,21,24-27,32-33,38-39,44-69,71-72,74-78H2,1-6H3,(H-,83,85,87,88)/p+1/b13-10-,14-11-,22-19-,23-20-,30-28-,31-29-,36-34-,37-35-,42-40-,43-41-,73-70+. The van der Waals surface area contributed by atoms with E-state index in [9.17, 15) is 19.0 Å². The minimum Gasteiger partial charge on any atom is -0.456 e. The Morgan fingerprint density at radius 3 is 1.04 bits per heavy atom. The molecular weight excluding hydrogens is 1160 g/mol. The first kappa shape index (κ1) is 88.2. The van der Waals surface area contributed by atoms with Crippen molar-refractivity contribution in [2.45, 2.75) is 335 Å². The van der Waals surface area contributed by atoms with Crippen molar-refractivity contribution in [3.8, 4) is 0 Å². The molecule has 0 heterocycles. The number of nitrogens with one attached hydrogen (secondary N) is 1. The summed E-state index contributed by atoms with van der Waals surface area (Å²) < 4.78 is 30.9. The molecule has 3 unspecified atom stereocenters. The zero-order chi connectivity index (χ0) is 67.0. The van der Waals surface area contributed by atoms with Crippen molar-refractivity contribution < 1.29 is 37.3 Å². The number of rotatable bonds is 68. The van der Waals surface area contributed by atoms with Gasteiger partial charge < -0.3 is 19.4 Å². The number of hydrogen-bond acceptors (Lipinski definition) is 6. The van der Waals surface area contributed by atoms with Gasteiger partial charge >= 0.3 is 13.8 Å². The van der Waals surface area contributed by atoms with Crippen LogP contribution in [-0.2, 0) is 27.9 Å². The number of carbonyl (C=O) groups excluding carboxylic acids is 2. The molecular formula is C82H144N2O7P+. The van der Waals surface area contributed by atoms with Crippen LogP contribution in [0.2, 0.25) is 0 Å². The van der Waals surface area contributed by atoms with Crippen molar-refractivity contribution in [2.24, 2.45) is 0 Å². The molecule has 3 atom stereocenters. The lowest BCUT2D eigenvalue weighted by molar-refractivity contribution is -0.870. The molecule has 0 saturated heterocycles. The third-order valence-corrected chi connectivity index (χ3v) is 17.3. The largest absolute Gasteiger partial charge is 0.472 e. The number of hydrogen-bond donors (Lipinski definition) is 2. The van der Waals surface area contributed by atoms with Gasteiger partial charge in [0, 0.05) is 12.8 Å². The molecule has 0 aliphatic heterocycles. The first-order valence-corrected chi connectivity index (χ1v) is 39.5. The van der Waals surface area contributed by atoms with Gasteiger partial charge in [-0.15, -0.1) is 0 Å². The van der Waals surface area contributed by atoms with E-state index in [1.165, 1.54) is 154 Å². The van der Waals surface area contributed by atoms with E-state index in [1.807, 2.05) is 33.3 Å². The van der Waals surface area contributed by atoms with Gasteiger partial charge in [-0.1, -0.05) is 322 Å². The van der Waals surface area contributed by atoms with E-state index in [0.29, 0.717) is 17.4 Å². The van der Waals surface area contributed by atoms with Crippen molar-refractivity contribution in [3.05, 3.63) is 134 Å². The number of nitrogens with zero attached hydrogens (tertiary/aromatic N) is 1. The van der Waals surface area contributed by atoms with Crippen molar-refractivity contribution in [1.29, 1.82) is 0 Å². The normalized spacial score (nSPS) is 14.2. The number of phosphoric acid groups is 1. The molecule has 0 fully saturated rings. The summed E-state index contributed by atoms with van der Waals surface area (Å²) in [6.07, 6.45) is 100. The minimum atomic E-state index is -4.47. The van der Waals surface area contributed by atoms with Gasteiger partial charge in [0.2, 0.25) is 5.91 Å². The molecule has 0 aromatic carbocycles. The van der Waals surface area contributed by atoms with Crippen molar-refractivity contribution in [2.75, 3.05) is 40.9 Å². The molecule has 1 amide bonds. The summed E-state index contributed by atoms with van der Waals surface area (Å²) in [6.45, 7) is 6.80. The van der Waals surface area contributed by atoms with Gasteiger partial charge in [-0.3, -0.25) is 18.6 Å². The fourth-order valence-corrected chi connectivity index (χ4v) is 11.3. The predicted molar refractivity (Wildman–Crippen MR) is 401 cm³/mol. The summed E-state index contributed by atoms with van der Waals surface area (Å²) in [4.78, 5) is 38.0. The molecule has 0 aliphatic carbocycles. The number of amides is 1. The predicted octanol–water partition coefficient (Wildman–Crippen LogP) is 24.7. The van der Waals surface area contributed by atoms with Crippen LogP contribution in [0.4, 0.5) is 0 Å². The van der Waals surface area contributed by atoms with Crippen LogP contribution in [0.1, 0.15) is 323 Å². The van der Waals surface area contributed by atoms with Crippen LogP contribution in [0, 0.1) is 0 Å². The van der Waals surface area contributed by atoms with Crippen LogP contribution < -0.4 is 5.32 Å². The van der Waals surface area contributed by atoms with Gasteiger partial charge in [0.25, 0.3) is 0 Å². The number of quaternary nitrogens is 1. The first-order valence-electron chi connectivity index (χ1n) is 38.0. The second kappa shape index (κ2) is 70.0. The Bertz CT molecular complexity index is 2040. The topological polar surface area (TPSA) is 111 Å². The van der Waals surface area contributed by atoms with E-state index < -0.39 is 20.0 Å². The van der Waals surface area contributed by atoms with Gasteiger partial charge in [-0.25, -0.2) is 4.57 Å². The molecule has 0 radical (unpaired) electrons. The summed E-state index contributed by atoms with van der Waals surface area (Å²) in [7, 11) is 1.48. The molecule has 0 aliphatic rings. The van der Waals surface area contributed by atoms with Crippen LogP contribution in [-0.4, -0.2) is 74.3 Å². The molecule has 528 valence electrons. The van der Waals surface area contributed by atoms with Crippen molar-refractivity contribution in [1.82, 2.24) is 5.32 Å². The van der Waals surface area contributed by atoms with Crippen molar-refractivity contribution in [3.63, 3.8) is 0 Å². The lowest BCUT2D eigenvalue weighted by Gasteiger charge is -2.27. The second-order valence-electron chi connectivity index (χ2n) is 26.4. The maximum Gasteiger partial charge on any atom is 0.472 e. The molecule has 0 saturated carbocycles. The molecule has 9 nitrogen and oxygen atoms in total. The van der Waals surface area contributed by atoms with Crippen molar-refractivity contribution >= 4 is 19.7 Å². The lowest BCUT2D eigenvalue weighted by atomic mass is 10.0. The van der Waals surface area contributed by atoms with Crippen LogP contribution in [0.15, 0.2) is 134 Å². The highest BCUT2D eigenvalue weighted by Gasteiger charge is 2.30. The molecule has 92 heavy (non-hydrogen) atoms. The van der Waals surface area contributed by atoms with Crippen LogP contribution in [0.25, 0.3) is 0 Å². The number of unbranched alkanes of at least 4 members (excludes halogenated alkanes) is 32. The number of likely N-dealkylation sites (N-methyl/N-ethyl adjacent to an activating group) is 1. The van der Waals surface area contributed by atoms with Gasteiger partial charge in [0.1, 0.15) is 19.3 Å². The van der Waals surface area contributed by atoms with Gasteiger partial charge in [-0.2, -0.15) is 0 Å². The number of allylic oxidation sites excluding steroid dienone is 21. The maximum absolute atomic E-state index is 13.7. The monoisotopic (exact) mass is 1300 g/mol. The SMILES string of the molecule is CC/C=C\C/C=C\C/C=C\C/C=C\C/C=C\CCCCCCCCCCCCCC(=O)NC(COP(=O)(O)OCC[N+](C)(C)C)C(/C=C/CCCCCCCCCCCC)OC(=O)CCCCCCCCCCCCC/C=C\C/C=C\C/C=C\C/C=C\C/C=C\CC. The Labute approximate surface area is 568 Å². The third-order valence-electron chi connectivity index (χ3n) is 16.3. The molecule has 0 aromatic heterocycles. The Balaban J connectivity index is 5.00. The van der Waals surface area contributed by atoms with Crippen LogP contribution in [0.5, 0.6) is 0 Å². The first-order chi connectivity index (χ1) is 44.9. The van der Waals surface area contributed by atoms with E-state index in [4.69, 9.17) is 13.8 Å². The van der Waals surface area contributed by atoms with Crippen LogP contribution in [0.3, 0.4) is 0 Å². The Hall–Kier alpha value is -3.85.